The van der Waals surface area contributed by atoms with Crippen molar-refractivity contribution in [2.24, 2.45) is 11.8 Å². The maximum Gasteiger partial charge on any atom is 0.246 e. The molecule has 4 atom stereocenters. The van der Waals surface area contributed by atoms with Crippen LogP contribution in [0.2, 0.25) is 0 Å². The molecule has 2 heterocycles. The van der Waals surface area contributed by atoms with Gasteiger partial charge in [-0.05, 0) is 106 Å². The molecule has 0 aromatic heterocycles. The van der Waals surface area contributed by atoms with Crippen LogP contribution in [0.3, 0.4) is 0 Å². The fraction of sp³-hybridized carbons (Fsp3) is 0.314. The van der Waals surface area contributed by atoms with E-state index in [-0.39, 0.29) is 16.3 Å². The van der Waals surface area contributed by atoms with Crippen LogP contribution < -0.4 is 25.2 Å². The number of carbonyl (C=O) groups excluding carboxylic acids is 4. The van der Waals surface area contributed by atoms with Gasteiger partial charge in [-0.25, -0.2) is 0 Å². The topological polar surface area (TPSA) is 108 Å². The minimum absolute atomic E-state index is 0.0438. The standard InChI is InChI=1S/C35H36N4O5S2/c1-7-22(6)44-24-12-10-23(11-13-24)27(28-30(40)36-34(45)38(32(28)42)25-14-8-18(2)16-20(25)4)29-31(41)37-35(46)39(33(29)43)26-15-9-19(3)17-21(26)5/h8-17,22,27-29H,7H2,1-6H3,(H,36,40,45)(H,37,41,46)/t22-,27?,28-,29+/m1/s1. The molecule has 1 unspecified atom stereocenters. The predicted molar refractivity (Wildman–Crippen MR) is 185 cm³/mol. The van der Waals surface area contributed by atoms with Gasteiger partial charge in [0.1, 0.15) is 17.6 Å². The Kier molecular flexibility index (Phi) is 9.37. The van der Waals surface area contributed by atoms with Gasteiger partial charge in [0.2, 0.25) is 23.6 Å². The van der Waals surface area contributed by atoms with Gasteiger partial charge in [-0.1, -0.05) is 54.4 Å². The fourth-order valence-electron chi connectivity index (χ4n) is 6.04. The third-order valence-electron chi connectivity index (χ3n) is 8.49. The molecule has 0 aliphatic carbocycles. The summed E-state index contributed by atoms with van der Waals surface area (Å²) in [6, 6.07) is 17.8. The molecule has 3 aromatic carbocycles. The monoisotopic (exact) mass is 656 g/mol. The number of hydrogen-bond acceptors (Lipinski definition) is 7. The Morgan fingerprint density at radius 2 is 1.15 bits per heavy atom. The van der Waals surface area contributed by atoms with E-state index in [1.54, 1.807) is 36.4 Å². The van der Waals surface area contributed by atoms with E-state index in [1.807, 2.05) is 65.8 Å². The van der Waals surface area contributed by atoms with Crippen molar-refractivity contribution in [2.45, 2.75) is 60.0 Å². The van der Waals surface area contributed by atoms with E-state index < -0.39 is 41.4 Å². The molecular weight excluding hydrogens is 621 g/mol. The van der Waals surface area contributed by atoms with Gasteiger partial charge in [0.15, 0.2) is 10.2 Å². The van der Waals surface area contributed by atoms with Gasteiger partial charge in [0.05, 0.1) is 17.5 Å². The minimum Gasteiger partial charge on any atom is -0.491 e. The number of thiocarbonyl (C=S) groups is 2. The van der Waals surface area contributed by atoms with E-state index in [0.717, 1.165) is 28.7 Å². The highest BCUT2D eigenvalue weighted by Crippen LogP contribution is 2.41. The van der Waals surface area contributed by atoms with Gasteiger partial charge in [-0.15, -0.1) is 0 Å². The van der Waals surface area contributed by atoms with Gasteiger partial charge >= 0.3 is 0 Å². The number of rotatable bonds is 8. The molecule has 0 bridgehead atoms. The van der Waals surface area contributed by atoms with Gasteiger partial charge in [0.25, 0.3) is 0 Å². The Labute approximate surface area is 279 Å². The van der Waals surface area contributed by atoms with Crippen molar-refractivity contribution in [3.63, 3.8) is 0 Å². The van der Waals surface area contributed by atoms with Crippen LogP contribution in [-0.4, -0.2) is 40.0 Å². The first-order valence-corrected chi connectivity index (χ1v) is 15.9. The molecule has 11 heteroatoms. The number of nitrogens with zero attached hydrogens (tertiary/aromatic N) is 2. The van der Waals surface area contributed by atoms with Crippen molar-refractivity contribution in [1.82, 2.24) is 10.6 Å². The lowest BCUT2D eigenvalue weighted by molar-refractivity contribution is -0.139. The largest absolute Gasteiger partial charge is 0.491 e. The molecule has 0 spiro atoms. The lowest BCUT2D eigenvalue weighted by Gasteiger charge is -2.41. The average Bonchev–Trinajstić information content (AvgIpc) is 2.98. The summed E-state index contributed by atoms with van der Waals surface area (Å²) >= 11 is 11.0. The van der Waals surface area contributed by atoms with Crippen molar-refractivity contribution < 1.29 is 23.9 Å². The number of ether oxygens (including phenoxy) is 1. The van der Waals surface area contributed by atoms with Gasteiger partial charge in [-0.3, -0.25) is 29.0 Å². The van der Waals surface area contributed by atoms with Gasteiger partial charge in [0, 0.05) is 5.92 Å². The Morgan fingerprint density at radius 1 is 0.717 bits per heavy atom. The van der Waals surface area contributed by atoms with Crippen molar-refractivity contribution in [3.8, 4) is 5.75 Å². The Bertz CT molecular complexity index is 1670. The second-order valence-corrected chi connectivity index (χ2v) is 12.7. The molecule has 3 aromatic rings. The fourth-order valence-corrected chi connectivity index (χ4v) is 6.62. The molecule has 2 aliphatic heterocycles. The van der Waals surface area contributed by atoms with Crippen LogP contribution in [0.5, 0.6) is 5.75 Å². The number of amides is 4. The van der Waals surface area contributed by atoms with Crippen LogP contribution in [0.4, 0.5) is 11.4 Å². The summed E-state index contributed by atoms with van der Waals surface area (Å²) in [5, 5.41) is 5.19. The highest BCUT2D eigenvalue weighted by molar-refractivity contribution is 7.80. The minimum atomic E-state index is -1.49. The van der Waals surface area contributed by atoms with Crippen LogP contribution in [0.25, 0.3) is 0 Å². The molecule has 238 valence electrons. The third-order valence-corrected chi connectivity index (χ3v) is 9.06. The summed E-state index contributed by atoms with van der Waals surface area (Å²) in [6.07, 6.45) is 0.748. The summed E-state index contributed by atoms with van der Waals surface area (Å²) < 4.78 is 5.95. The third kappa shape index (κ3) is 6.17. The van der Waals surface area contributed by atoms with E-state index in [0.29, 0.717) is 22.7 Å². The summed E-state index contributed by atoms with van der Waals surface area (Å²) in [5.74, 6) is -6.30. The van der Waals surface area contributed by atoms with Gasteiger partial charge in [-0.2, -0.15) is 0 Å². The number of anilines is 2. The Morgan fingerprint density at radius 3 is 1.54 bits per heavy atom. The van der Waals surface area contributed by atoms with Crippen molar-refractivity contribution in [3.05, 3.63) is 88.5 Å². The highest BCUT2D eigenvalue weighted by Gasteiger charge is 2.54. The maximum absolute atomic E-state index is 14.5. The molecule has 4 amide bonds. The van der Waals surface area contributed by atoms with Crippen LogP contribution >= 0.6 is 24.4 Å². The zero-order valence-electron chi connectivity index (χ0n) is 26.5. The second kappa shape index (κ2) is 13.1. The number of nitrogens with one attached hydrogen (secondary N) is 2. The van der Waals surface area contributed by atoms with E-state index in [4.69, 9.17) is 29.2 Å². The number of benzene rings is 3. The molecule has 2 fully saturated rings. The zero-order valence-corrected chi connectivity index (χ0v) is 28.2. The lowest BCUT2D eigenvalue weighted by atomic mass is 9.73. The Balaban J connectivity index is 1.65. The highest BCUT2D eigenvalue weighted by atomic mass is 32.1. The number of aryl methyl sites for hydroxylation is 4. The summed E-state index contributed by atoms with van der Waals surface area (Å²) in [4.78, 5) is 59.1. The molecule has 2 N–H and O–H groups in total. The number of hydrogen-bond donors (Lipinski definition) is 2. The zero-order chi connectivity index (χ0) is 33.4. The van der Waals surface area contributed by atoms with Crippen LogP contribution in [0, 0.1) is 39.5 Å². The van der Waals surface area contributed by atoms with Crippen LogP contribution in [-0.2, 0) is 19.2 Å². The smallest absolute Gasteiger partial charge is 0.246 e. The van der Waals surface area contributed by atoms with Crippen molar-refractivity contribution in [2.75, 3.05) is 9.80 Å². The second-order valence-electron chi connectivity index (χ2n) is 11.9. The molecule has 5 rings (SSSR count). The molecule has 9 nitrogen and oxygen atoms in total. The first-order valence-electron chi connectivity index (χ1n) is 15.1. The normalized spacial score (nSPS) is 20.0. The van der Waals surface area contributed by atoms with E-state index in [9.17, 15) is 19.2 Å². The first-order chi connectivity index (χ1) is 21.8. The Hall–Kier alpha value is -4.48. The molecule has 2 saturated heterocycles. The van der Waals surface area contributed by atoms with Crippen molar-refractivity contribution in [1.29, 1.82) is 0 Å². The van der Waals surface area contributed by atoms with Crippen molar-refractivity contribution >= 4 is 69.7 Å². The summed E-state index contributed by atoms with van der Waals surface area (Å²) in [5.41, 5.74) is 4.94. The first kappa shape index (κ1) is 32.9. The number of carbonyl (C=O) groups is 4. The lowest BCUT2D eigenvalue weighted by Crippen LogP contribution is -2.64. The molecule has 2 aliphatic rings. The molecule has 0 radical (unpaired) electrons. The maximum atomic E-state index is 14.5. The van der Waals surface area contributed by atoms with Crippen LogP contribution in [0.1, 0.15) is 54.0 Å². The summed E-state index contributed by atoms with van der Waals surface area (Å²) in [6.45, 7) is 11.5. The van der Waals surface area contributed by atoms with Gasteiger partial charge < -0.3 is 15.4 Å². The summed E-state index contributed by atoms with van der Waals surface area (Å²) in [7, 11) is 0. The average molecular weight is 657 g/mol. The predicted octanol–water partition coefficient (Wildman–Crippen LogP) is 5.31. The molecular formula is C35H36N4O5S2. The van der Waals surface area contributed by atoms with Crippen LogP contribution in [0.15, 0.2) is 60.7 Å². The quantitative estimate of drug-likeness (QED) is 0.250. The SMILES string of the molecule is CC[C@@H](C)Oc1ccc(C([C@@H]2C(=O)NC(=S)N(c3ccc(C)cc3C)C2=O)[C@H]2C(=O)NC(=S)N(c3ccc(C)cc3C)C2=O)cc1. The van der Waals surface area contributed by atoms with E-state index >= 15 is 0 Å². The molecule has 46 heavy (non-hydrogen) atoms. The van der Waals surface area contributed by atoms with E-state index in [1.165, 1.54) is 9.80 Å². The van der Waals surface area contributed by atoms with E-state index in [2.05, 4.69) is 10.6 Å². The molecule has 0 saturated carbocycles.